The molecule has 1 aliphatic rings. The van der Waals surface area contributed by atoms with Crippen molar-refractivity contribution in [2.24, 2.45) is 0 Å². The molecule has 0 aliphatic carbocycles. The van der Waals surface area contributed by atoms with E-state index in [4.69, 9.17) is 0 Å². The van der Waals surface area contributed by atoms with E-state index >= 15 is 0 Å². The maximum absolute atomic E-state index is 12.2. The van der Waals surface area contributed by atoms with Crippen molar-refractivity contribution < 1.29 is 13.2 Å². The van der Waals surface area contributed by atoms with Gasteiger partial charge in [-0.3, -0.25) is 14.5 Å². The first kappa shape index (κ1) is 15.7. The Balaban J connectivity index is 1.69. The maximum Gasteiger partial charge on any atom is 0.272 e. The van der Waals surface area contributed by atoms with Gasteiger partial charge in [-0.05, 0) is 37.1 Å². The Morgan fingerprint density at radius 3 is 2.78 bits per heavy atom. The van der Waals surface area contributed by atoms with Crippen LogP contribution in [-0.4, -0.2) is 40.6 Å². The zero-order valence-corrected chi connectivity index (χ0v) is 13.6. The van der Waals surface area contributed by atoms with E-state index < -0.39 is 9.84 Å². The van der Waals surface area contributed by atoms with E-state index in [1.807, 2.05) is 19.1 Å². The Bertz CT molecular complexity index is 815. The summed E-state index contributed by atoms with van der Waals surface area (Å²) >= 11 is 0. The summed E-state index contributed by atoms with van der Waals surface area (Å²) in [7, 11) is -2.98. The van der Waals surface area contributed by atoms with Crippen molar-refractivity contribution in [1.29, 1.82) is 0 Å². The number of nitrogens with one attached hydrogen (secondary N) is 1. The predicted molar refractivity (Wildman–Crippen MR) is 84.7 cm³/mol. The minimum atomic E-state index is -2.98. The highest BCUT2D eigenvalue weighted by atomic mass is 32.2. The maximum atomic E-state index is 12.2. The molecule has 1 aliphatic heterocycles. The van der Waals surface area contributed by atoms with Crippen molar-refractivity contribution >= 4 is 15.7 Å². The molecule has 0 bridgehead atoms. The summed E-state index contributed by atoms with van der Waals surface area (Å²) in [4.78, 5) is 16.1. The Labute approximate surface area is 134 Å². The molecule has 122 valence electrons. The highest BCUT2D eigenvalue weighted by Crippen LogP contribution is 2.24. The molecule has 23 heavy (non-hydrogen) atoms. The molecule has 0 saturated carbocycles. The lowest BCUT2D eigenvalue weighted by molar-refractivity contribution is 0.0945. The van der Waals surface area contributed by atoms with Crippen LogP contribution >= 0.6 is 0 Å². The minimum absolute atomic E-state index is 0.0909. The van der Waals surface area contributed by atoms with Crippen molar-refractivity contribution in [3.63, 3.8) is 0 Å². The number of aryl methyl sites for hydroxylation is 1. The van der Waals surface area contributed by atoms with Crippen LogP contribution in [0, 0.1) is 6.92 Å². The quantitative estimate of drug-likeness (QED) is 0.895. The van der Waals surface area contributed by atoms with Crippen molar-refractivity contribution in [3.8, 4) is 0 Å². The van der Waals surface area contributed by atoms with E-state index in [9.17, 15) is 13.2 Å². The number of amides is 1. The lowest BCUT2D eigenvalue weighted by Gasteiger charge is -2.10. The Morgan fingerprint density at radius 2 is 2.13 bits per heavy atom. The Morgan fingerprint density at radius 1 is 1.39 bits per heavy atom. The highest BCUT2D eigenvalue weighted by molar-refractivity contribution is 7.91. The van der Waals surface area contributed by atoms with Gasteiger partial charge in [-0.1, -0.05) is 0 Å². The molecule has 0 aromatic carbocycles. The summed E-state index contributed by atoms with van der Waals surface area (Å²) in [6, 6.07) is 5.16. The summed E-state index contributed by atoms with van der Waals surface area (Å²) in [6.45, 7) is 2.22. The fourth-order valence-corrected chi connectivity index (χ4v) is 4.40. The van der Waals surface area contributed by atoms with Crippen LogP contribution in [0.25, 0.3) is 0 Å². The second-order valence-corrected chi connectivity index (χ2v) is 7.94. The van der Waals surface area contributed by atoms with Crippen molar-refractivity contribution in [1.82, 2.24) is 20.1 Å². The zero-order valence-electron chi connectivity index (χ0n) is 12.8. The summed E-state index contributed by atoms with van der Waals surface area (Å²) in [6.07, 6.45) is 3.88. The molecule has 0 radical (unpaired) electrons. The van der Waals surface area contributed by atoms with Crippen LogP contribution in [-0.2, 0) is 16.4 Å². The average molecular weight is 334 g/mol. The van der Waals surface area contributed by atoms with Gasteiger partial charge in [-0.25, -0.2) is 8.42 Å². The highest BCUT2D eigenvalue weighted by Gasteiger charge is 2.31. The molecule has 1 unspecified atom stereocenters. The number of hydrogen-bond acceptors (Lipinski definition) is 5. The summed E-state index contributed by atoms with van der Waals surface area (Å²) in [5.74, 6) is -0.00164. The lowest BCUT2D eigenvalue weighted by Crippen LogP contribution is -2.24. The predicted octanol–water partition coefficient (Wildman–Crippen LogP) is 0.876. The topological polar surface area (TPSA) is 93.9 Å². The molecule has 8 heteroatoms. The first-order valence-corrected chi connectivity index (χ1v) is 9.20. The normalized spacial score (nSPS) is 19.6. The molecule has 1 N–H and O–H groups in total. The molecule has 2 aromatic heterocycles. The lowest BCUT2D eigenvalue weighted by atomic mass is 10.2. The number of aromatic nitrogens is 3. The molecule has 0 spiro atoms. The summed E-state index contributed by atoms with van der Waals surface area (Å²) < 4.78 is 24.9. The number of sulfone groups is 1. The Hall–Kier alpha value is -2.22. The van der Waals surface area contributed by atoms with Gasteiger partial charge in [0.1, 0.15) is 5.69 Å². The monoisotopic (exact) mass is 334 g/mol. The van der Waals surface area contributed by atoms with Crippen LogP contribution in [0.5, 0.6) is 0 Å². The smallest absolute Gasteiger partial charge is 0.272 e. The molecule has 2 aromatic rings. The third kappa shape index (κ3) is 3.58. The number of carbonyl (C=O) groups excluding carboxylic acids is 1. The second kappa shape index (κ2) is 6.11. The first-order valence-electron chi connectivity index (χ1n) is 7.38. The molecule has 1 fully saturated rings. The van der Waals surface area contributed by atoms with E-state index in [-0.39, 0.29) is 23.5 Å². The van der Waals surface area contributed by atoms with Crippen molar-refractivity contribution in [3.05, 3.63) is 47.5 Å². The minimum Gasteiger partial charge on any atom is -0.347 e. The van der Waals surface area contributed by atoms with Gasteiger partial charge in [0.05, 0.1) is 17.5 Å². The van der Waals surface area contributed by atoms with E-state index in [1.54, 1.807) is 23.1 Å². The van der Waals surface area contributed by atoms with Crippen LogP contribution in [0.1, 0.15) is 34.2 Å². The van der Waals surface area contributed by atoms with E-state index in [0.717, 1.165) is 11.3 Å². The number of pyridine rings is 1. The number of nitrogens with zero attached hydrogens (tertiary/aromatic N) is 3. The summed E-state index contributed by atoms with van der Waals surface area (Å²) in [5, 5.41) is 7.10. The van der Waals surface area contributed by atoms with Crippen molar-refractivity contribution in [2.45, 2.75) is 25.9 Å². The molecule has 1 saturated heterocycles. The summed E-state index contributed by atoms with van der Waals surface area (Å²) in [5.41, 5.74) is 2.05. The fraction of sp³-hybridized carbons (Fsp3) is 0.400. The van der Waals surface area contributed by atoms with Gasteiger partial charge in [0.2, 0.25) is 0 Å². The third-order valence-corrected chi connectivity index (χ3v) is 5.66. The first-order chi connectivity index (χ1) is 10.9. The van der Waals surface area contributed by atoms with Gasteiger partial charge in [-0.2, -0.15) is 5.10 Å². The van der Waals surface area contributed by atoms with Gasteiger partial charge >= 0.3 is 0 Å². The SMILES string of the molecule is Cc1cc(C(=O)NCc2ccncc2)nn1C1CCS(=O)(=O)C1. The molecule has 1 atom stereocenters. The average Bonchev–Trinajstić information content (AvgIpc) is 3.08. The van der Waals surface area contributed by atoms with Gasteiger partial charge in [0.15, 0.2) is 9.84 Å². The standard InChI is InChI=1S/C15H18N4O3S/c1-11-8-14(15(20)17-9-12-2-5-16-6-3-12)18-19(11)13-4-7-23(21,22)10-13/h2-3,5-6,8,13H,4,7,9-10H2,1H3,(H,17,20). The zero-order chi connectivity index (χ0) is 16.4. The molecular weight excluding hydrogens is 316 g/mol. The van der Waals surface area contributed by atoms with E-state index in [2.05, 4.69) is 15.4 Å². The van der Waals surface area contributed by atoms with Crippen molar-refractivity contribution in [2.75, 3.05) is 11.5 Å². The molecule has 1 amide bonds. The van der Waals surface area contributed by atoms with E-state index in [0.29, 0.717) is 18.7 Å². The second-order valence-electron chi connectivity index (χ2n) is 5.71. The number of carbonyl (C=O) groups is 1. The van der Waals surface area contributed by atoms with Crippen LogP contribution in [0.3, 0.4) is 0 Å². The Kier molecular flexibility index (Phi) is 4.16. The largest absolute Gasteiger partial charge is 0.347 e. The fourth-order valence-electron chi connectivity index (χ4n) is 2.71. The van der Waals surface area contributed by atoms with Crippen LogP contribution in [0.4, 0.5) is 0 Å². The van der Waals surface area contributed by atoms with Crippen LogP contribution < -0.4 is 5.32 Å². The van der Waals surface area contributed by atoms with Crippen LogP contribution in [0.2, 0.25) is 0 Å². The molecule has 7 nitrogen and oxygen atoms in total. The van der Waals surface area contributed by atoms with E-state index in [1.165, 1.54) is 0 Å². The molecule has 3 rings (SSSR count). The molecule has 3 heterocycles. The van der Waals surface area contributed by atoms with Gasteiger partial charge < -0.3 is 5.32 Å². The van der Waals surface area contributed by atoms with Gasteiger partial charge in [-0.15, -0.1) is 0 Å². The number of hydrogen-bond donors (Lipinski definition) is 1. The number of rotatable bonds is 4. The van der Waals surface area contributed by atoms with Gasteiger partial charge in [0, 0.05) is 24.6 Å². The van der Waals surface area contributed by atoms with Gasteiger partial charge in [0.25, 0.3) is 5.91 Å². The van der Waals surface area contributed by atoms with Crippen LogP contribution in [0.15, 0.2) is 30.6 Å². The molecular formula is C15H18N4O3S. The third-order valence-electron chi connectivity index (χ3n) is 3.91.